The maximum atomic E-state index is 13.4. The molecular weight excluding hydrogens is 344 g/mol. The number of nitrogens with one attached hydrogen (secondary N) is 1. The molecule has 0 bridgehead atoms. The van der Waals surface area contributed by atoms with Gasteiger partial charge in [-0.15, -0.1) is 0 Å². The Labute approximate surface area is 161 Å². The van der Waals surface area contributed by atoms with Crippen LogP contribution in [0.5, 0.6) is 5.75 Å². The summed E-state index contributed by atoms with van der Waals surface area (Å²) in [5, 5.41) is 3.08. The molecule has 0 atom stereocenters. The van der Waals surface area contributed by atoms with Crippen LogP contribution < -0.4 is 10.1 Å². The van der Waals surface area contributed by atoms with E-state index in [1.807, 2.05) is 13.0 Å². The van der Waals surface area contributed by atoms with E-state index in [4.69, 9.17) is 9.47 Å². The number of likely N-dealkylation sites (tertiary alicyclic amines) is 1. The van der Waals surface area contributed by atoms with Gasteiger partial charge in [0.25, 0.3) is 5.91 Å². The van der Waals surface area contributed by atoms with Gasteiger partial charge in [0.05, 0.1) is 45.6 Å². The average molecular weight is 375 g/mol. The number of anilines is 1. The third kappa shape index (κ3) is 3.55. The average Bonchev–Trinajstić information content (AvgIpc) is 3.48. The van der Waals surface area contributed by atoms with E-state index in [0.29, 0.717) is 17.0 Å². The Hall–Kier alpha value is -2.08. The number of rotatable bonds is 5. The van der Waals surface area contributed by atoms with Crippen molar-refractivity contribution < 1.29 is 23.5 Å². The number of ether oxygens (including phenoxy) is 2. The molecule has 1 aromatic carbocycles. The number of benzene rings is 1. The first-order valence-electron chi connectivity index (χ1n) is 9.80. The van der Waals surface area contributed by atoms with Crippen molar-refractivity contribution in [3.05, 3.63) is 23.3 Å². The fourth-order valence-electron chi connectivity index (χ4n) is 4.48. The number of hydrogen-bond donors (Lipinski definition) is 1. The molecule has 0 aromatic heterocycles. The van der Waals surface area contributed by atoms with Gasteiger partial charge in [0.1, 0.15) is 5.75 Å². The highest BCUT2D eigenvalue weighted by atomic mass is 16.5. The summed E-state index contributed by atoms with van der Waals surface area (Å²) in [4.78, 5) is 25.7. The van der Waals surface area contributed by atoms with Gasteiger partial charge < -0.3 is 19.3 Å². The minimum absolute atomic E-state index is 0.0188. The Morgan fingerprint density at radius 3 is 2.22 bits per heavy atom. The number of methoxy groups -OCH3 is 2. The summed E-state index contributed by atoms with van der Waals surface area (Å²) in [6.07, 6.45) is 6.63. The zero-order valence-corrected chi connectivity index (χ0v) is 16.9. The van der Waals surface area contributed by atoms with Crippen molar-refractivity contribution in [2.45, 2.75) is 51.0 Å². The van der Waals surface area contributed by atoms with Crippen LogP contribution in [0.25, 0.3) is 0 Å². The van der Waals surface area contributed by atoms with Crippen LogP contribution in [0.15, 0.2) is 12.1 Å². The van der Waals surface area contributed by atoms with Gasteiger partial charge in [-0.3, -0.25) is 4.79 Å². The van der Waals surface area contributed by atoms with Gasteiger partial charge in [-0.1, -0.05) is 0 Å². The second-order valence-electron chi connectivity index (χ2n) is 8.10. The normalized spacial score (nSPS) is 20.3. The lowest BCUT2D eigenvalue weighted by atomic mass is 10.0. The number of likely N-dealkylation sites (N-methyl/N-ethyl adjacent to an activating group) is 1. The van der Waals surface area contributed by atoms with Crippen molar-refractivity contribution in [3.63, 3.8) is 0 Å². The molecule has 2 fully saturated rings. The molecule has 27 heavy (non-hydrogen) atoms. The van der Waals surface area contributed by atoms with Crippen LogP contribution >= 0.6 is 0 Å². The Balaban J connectivity index is 1.91. The zero-order chi connectivity index (χ0) is 19.7. The highest BCUT2D eigenvalue weighted by Crippen LogP contribution is 2.48. The molecule has 0 radical (unpaired) electrons. The molecule has 1 aliphatic heterocycles. The molecule has 0 unspecified atom stereocenters. The van der Waals surface area contributed by atoms with Crippen molar-refractivity contribution in [3.8, 4) is 5.75 Å². The summed E-state index contributed by atoms with van der Waals surface area (Å²) < 4.78 is 11.0. The highest BCUT2D eigenvalue weighted by molar-refractivity contribution is 6.06. The van der Waals surface area contributed by atoms with E-state index in [-0.39, 0.29) is 11.4 Å². The van der Waals surface area contributed by atoms with Crippen LogP contribution in [0, 0.1) is 6.92 Å². The monoisotopic (exact) mass is 375 g/mol. The van der Waals surface area contributed by atoms with Crippen molar-refractivity contribution in [1.82, 2.24) is 0 Å². The number of nitrogens with zero attached hydrogens (tertiary/aromatic N) is 1. The lowest BCUT2D eigenvalue weighted by Crippen LogP contribution is -2.60. The van der Waals surface area contributed by atoms with Gasteiger partial charge in [0.15, 0.2) is 5.54 Å². The van der Waals surface area contributed by atoms with Gasteiger partial charge >= 0.3 is 5.97 Å². The lowest BCUT2D eigenvalue weighted by Gasteiger charge is -2.41. The summed E-state index contributed by atoms with van der Waals surface area (Å²) in [5.74, 6) is 0.108. The molecule has 6 heteroatoms. The zero-order valence-electron chi connectivity index (χ0n) is 16.9. The van der Waals surface area contributed by atoms with Crippen LogP contribution in [-0.2, 0) is 9.53 Å². The molecule has 1 heterocycles. The number of carbonyl (C=O) groups excluding carboxylic acids is 2. The van der Waals surface area contributed by atoms with Crippen LogP contribution in [0.1, 0.15) is 54.4 Å². The predicted molar refractivity (Wildman–Crippen MR) is 104 cm³/mol. The summed E-state index contributed by atoms with van der Waals surface area (Å²) in [5.41, 5.74) is 1.28. The predicted octanol–water partition coefficient (Wildman–Crippen LogP) is 3.28. The van der Waals surface area contributed by atoms with E-state index < -0.39 is 5.97 Å². The van der Waals surface area contributed by atoms with Crippen molar-refractivity contribution in [1.29, 1.82) is 0 Å². The molecular formula is C21H31N2O4+. The summed E-state index contributed by atoms with van der Waals surface area (Å²) >= 11 is 0. The number of esters is 1. The second kappa shape index (κ2) is 7.50. The molecule has 0 spiro atoms. The summed E-state index contributed by atoms with van der Waals surface area (Å²) in [6, 6.07) is 3.44. The van der Waals surface area contributed by atoms with Gasteiger partial charge in [-0.2, -0.15) is 0 Å². The molecule has 6 nitrogen and oxygen atoms in total. The number of amides is 1. The maximum Gasteiger partial charge on any atom is 0.340 e. The van der Waals surface area contributed by atoms with Gasteiger partial charge in [0, 0.05) is 12.8 Å². The van der Waals surface area contributed by atoms with Gasteiger partial charge in [-0.05, 0) is 50.3 Å². The molecule has 1 saturated carbocycles. The first-order valence-corrected chi connectivity index (χ1v) is 9.80. The van der Waals surface area contributed by atoms with Crippen molar-refractivity contribution >= 4 is 17.6 Å². The van der Waals surface area contributed by atoms with Gasteiger partial charge in [-0.25, -0.2) is 4.79 Å². The first kappa shape index (κ1) is 19.7. The fourth-order valence-corrected chi connectivity index (χ4v) is 4.48. The maximum absolute atomic E-state index is 13.4. The molecule has 1 aromatic rings. The van der Waals surface area contributed by atoms with Crippen LogP contribution in [0.4, 0.5) is 5.69 Å². The van der Waals surface area contributed by atoms with E-state index in [1.54, 1.807) is 13.2 Å². The number of quaternary nitrogens is 1. The second-order valence-corrected chi connectivity index (χ2v) is 8.10. The number of hydrogen-bond acceptors (Lipinski definition) is 4. The molecule has 3 rings (SSSR count). The molecule has 1 aliphatic carbocycles. The Kier molecular flexibility index (Phi) is 5.47. The summed E-state index contributed by atoms with van der Waals surface area (Å²) in [6.45, 7) is 3.95. The quantitative estimate of drug-likeness (QED) is 0.634. The van der Waals surface area contributed by atoms with E-state index in [2.05, 4.69) is 12.4 Å². The van der Waals surface area contributed by atoms with Crippen molar-refractivity contribution in [2.24, 2.45) is 0 Å². The Bertz CT molecular complexity index is 732. The third-order valence-corrected chi connectivity index (χ3v) is 6.42. The first-order chi connectivity index (χ1) is 12.9. The number of aryl methyl sites for hydroxylation is 1. The molecule has 1 saturated heterocycles. The molecule has 148 valence electrons. The van der Waals surface area contributed by atoms with Gasteiger partial charge in [0.2, 0.25) is 0 Å². The number of carbonyl (C=O) groups is 2. The SMILES string of the molecule is COC(=O)c1cc(OC)cc(C)c1NC(=O)C1([N+]2(C)CCCCCC2)CC1. The standard InChI is InChI=1S/C21H30N2O4/c1-15-13-16(26-3)14-17(19(24)27-4)18(15)22-20(25)21(9-10-21)23(2)11-7-5-6-8-12-23/h13-14H,5-12H2,1-4H3/p+1. The van der Waals surface area contributed by atoms with E-state index >= 15 is 0 Å². The lowest BCUT2D eigenvalue weighted by molar-refractivity contribution is -0.933. The Morgan fingerprint density at radius 2 is 1.70 bits per heavy atom. The molecule has 2 aliphatic rings. The minimum Gasteiger partial charge on any atom is -0.497 e. The molecule has 1 amide bonds. The van der Waals surface area contributed by atoms with Crippen LogP contribution in [0.3, 0.4) is 0 Å². The fraction of sp³-hybridized carbons (Fsp3) is 0.619. The molecule has 1 N–H and O–H groups in total. The summed E-state index contributed by atoms with van der Waals surface area (Å²) in [7, 11) is 5.12. The minimum atomic E-state index is -0.479. The smallest absolute Gasteiger partial charge is 0.340 e. The van der Waals surface area contributed by atoms with Crippen LogP contribution in [0.2, 0.25) is 0 Å². The van der Waals surface area contributed by atoms with Crippen molar-refractivity contribution in [2.75, 3.05) is 39.7 Å². The van der Waals surface area contributed by atoms with Crippen LogP contribution in [-0.4, -0.2) is 56.3 Å². The topological polar surface area (TPSA) is 64.6 Å². The van der Waals surface area contributed by atoms with E-state index in [0.717, 1.165) is 36.0 Å². The largest absolute Gasteiger partial charge is 0.497 e. The van der Waals surface area contributed by atoms with E-state index in [1.165, 1.54) is 32.8 Å². The highest BCUT2D eigenvalue weighted by Gasteiger charge is 2.63. The third-order valence-electron chi connectivity index (χ3n) is 6.42. The Morgan fingerprint density at radius 1 is 1.07 bits per heavy atom. The van der Waals surface area contributed by atoms with E-state index in [9.17, 15) is 9.59 Å².